The van der Waals surface area contributed by atoms with Gasteiger partial charge in [-0.2, -0.15) is 0 Å². The molecule has 0 unspecified atom stereocenters. The summed E-state index contributed by atoms with van der Waals surface area (Å²) < 4.78 is 25.7. The van der Waals surface area contributed by atoms with Crippen LogP contribution >= 0.6 is 0 Å². The molecule has 2 aromatic carbocycles. The van der Waals surface area contributed by atoms with E-state index < -0.39 is 6.43 Å². The second-order valence-corrected chi connectivity index (χ2v) is 4.10. The van der Waals surface area contributed by atoms with Crippen LogP contribution in [0, 0.1) is 11.8 Å². The Morgan fingerprint density at radius 3 is 2.15 bits per heavy atom. The molecule has 0 bridgehead atoms. The van der Waals surface area contributed by atoms with Gasteiger partial charge in [0.2, 0.25) is 0 Å². The SMILES string of the molecule is FC(F)C(C#Cc1ccccc1)=NCc1ccccc1. The van der Waals surface area contributed by atoms with Crippen LogP contribution in [-0.2, 0) is 6.54 Å². The summed E-state index contributed by atoms with van der Waals surface area (Å²) >= 11 is 0. The van der Waals surface area contributed by atoms with Crippen LogP contribution in [0.3, 0.4) is 0 Å². The quantitative estimate of drug-likeness (QED) is 0.591. The lowest BCUT2D eigenvalue weighted by Crippen LogP contribution is -2.08. The predicted octanol–water partition coefficient (Wildman–Crippen LogP) is 3.94. The lowest BCUT2D eigenvalue weighted by molar-refractivity contribution is 0.227. The fourth-order valence-electron chi connectivity index (χ4n) is 1.58. The summed E-state index contributed by atoms with van der Waals surface area (Å²) in [6, 6.07) is 18.3. The Balaban J connectivity index is 2.14. The fraction of sp³-hybridized carbons (Fsp3) is 0.118. The first-order valence-electron chi connectivity index (χ1n) is 6.19. The molecule has 0 radical (unpaired) electrons. The van der Waals surface area contributed by atoms with Crippen molar-refractivity contribution in [2.24, 2.45) is 4.99 Å². The van der Waals surface area contributed by atoms with Gasteiger partial charge >= 0.3 is 0 Å². The van der Waals surface area contributed by atoms with Crippen LogP contribution in [0.15, 0.2) is 65.7 Å². The monoisotopic (exact) mass is 269 g/mol. The molecule has 0 aromatic heterocycles. The van der Waals surface area contributed by atoms with E-state index in [1.165, 1.54) is 0 Å². The highest BCUT2D eigenvalue weighted by molar-refractivity contribution is 6.03. The Hall–Kier alpha value is -2.47. The van der Waals surface area contributed by atoms with Crippen molar-refractivity contribution in [2.45, 2.75) is 13.0 Å². The molecule has 0 saturated carbocycles. The Morgan fingerprint density at radius 2 is 1.55 bits per heavy atom. The summed E-state index contributed by atoms with van der Waals surface area (Å²) in [6.45, 7) is 0.212. The van der Waals surface area contributed by atoms with Crippen molar-refractivity contribution < 1.29 is 8.78 Å². The summed E-state index contributed by atoms with van der Waals surface area (Å²) in [5.74, 6) is 5.16. The van der Waals surface area contributed by atoms with Crippen molar-refractivity contribution >= 4 is 5.71 Å². The second-order valence-electron chi connectivity index (χ2n) is 4.10. The summed E-state index contributed by atoms with van der Waals surface area (Å²) in [5, 5.41) is 0. The average molecular weight is 269 g/mol. The van der Waals surface area contributed by atoms with E-state index in [2.05, 4.69) is 16.8 Å². The topological polar surface area (TPSA) is 12.4 Å². The van der Waals surface area contributed by atoms with Crippen LogP contribution in [0.5, 0.6) is 0 Å². The lowest BCUT2D eigenvalue weighted by Gasteiger charge is -1.99. The summed E-state index contributed by atoms with van der Waals surface area (Å²) in [6.07, 6.45) is -2.66. The van der Waals surface area contributed by atoms with E-state index in [0.717, 1.165) is 5.56 Å². The van der Waals surface area contributed by atoms with Crippen molar-refractivity contribution in [1.82, 2.24) is 0 Å². The highest BCUT2D eigenvalue weighted by atomic mass is 19.3. The highest BCUT2D eigenvalue weighted by Gasteiger charge is 2.09. The number of nitrogens with zero attached hydrogens (tertiary/aromatic N) is 1. The lowest BCUT2D eigenvalue weighted by atomic mass is 10.2. The van der Waals surface area contributed by atoms with E-state index in [4.69, 9.17) is 0 Å². The molecule has 0 aliphatic heterocycles. The van der Waals surface area contributed by atoms with Crippen LogP contribution in [0.4, 0.5) is 8.78 Å². The first-order chi connectivity index (χ1) is 9.75. The molecule has 0 aliphatic carbocycles. The molecule has 0 aliphatic rings. The maximum absolute atomic E-state index is 12.9. The third-order valence-corrected chi connectivity index (χ3v) is 2.59. The van der Waals surface area contributed by atoms with Gasteiger partial charge in [-0.05, 0) is 23.6 Å². The van der Waals surface area contributed by atoms with Gasteiger partial charge in [0, 0.05) is 5.56 Å². The van der Waals surface area contributed by atoms with Gasteiger partial charge in [-0.3, -0.25) is 4.99 Å². The minimum Gasteiger partial charge on any atom is -0.270 e. The Labute approximate surface area is 117 Å². The van der Waals surface area contributed by atoms with E-state index in [1.54, 1.807) is 12.1 Å². The van der Waals surface area contributed by atoms with Crippen LogP contribution in [0.1, 0.15) is 11.1 Å². The predicted molar refractivity (Wildman–Crippen MR) is 76.9 cm³/mol. The Kier molecular flexibility index (Phi) is 5.02. The number of rotatable bonds is 3. The van der Waals surface area contributed by atoms with Gasteiger partial charge in [0.15, 0.2) is 5.71 Å². The van der Waals surface area contributed by atoms with Crippen LogP contribution in [-0.4, -0.2) is 12.1 Å². The van der Waals surface area contributed by atoms with Gasteiger partial charge in [0.05, 0.1) is 6.54 Å². The number of aliphatic imine (C=N–C) groups is 1. The first-order valence-corrected chi connectivity index (χ1v) is 6.19. The van der Waals surface area contributed by atoms with Gasteiger partial charge in [-0.25, -0.2) is 8.78 Å². The molecule has 0 atom stereocenters. The average Bonchev–Trinajstić information content (AvgIpc) is 2.49. The van der Waals surface area contributed by atoms with E-state index in [9.17, 15) is 8.78 Å². The summed E-state index contributed by atoms with van der Waals surface area (Å²) in [7, 11) is 0. The van der Waals surface area contributed by atoms with Gasteiger partial charge in [0.1, 0.15) is 0 Å². The van der Waals surface area contributed by atoms with Crippen LogP contribution < -0.4 is 0 Å². The van der Waals surface area contributed by atoms with Gasteiger partial charge in [-0.1, -0.05) is 54.5 Å². The summed E-state index contributed by atoms with van der Waals surface area (Å²) in [4.78, 5) is 3.90. The molecule has 0 amide bonds. The number of halogens is 2. The number of benzene rings is 2. The number of hydrogen-bond acceptors (Lipinski definition) is 1. The zero-order valence-corrected chi connectivity index (χ0v) is 10.8. The van der Waals surface area contributed by atoms with E-state index in [0.29, 0.717) is 5.56 Å². The largest absolute Gasteiger partial charge is 0.287 e. The molecular formula is C17H13F2N. The zero-order valence-electron chi connectivity index (χ0n) is 10.8. The molecule has 0 heterocycles. The molecule has 2 aromatic rings. The molecule has 20 heavy (non-hydrogen) atoms. The number of alkyl halides is 2. The van der Waals surface area contributed by atoms with Gasteiger partial charge in [0.25, 0.3) is 6.43 Å². The molecular weight excluding hydrogens is 256 g/mol. The maximum Gasteiger partial charge on any atom is 0.287 e. The molecule has 0 fully saturated rings. The minimum absolute atomic E-state index is 0.212. The van der Waals surface area contributed by atoms with Crippen molar-refractivity contribution in [3.63, 3.8) is 0 Å². The van der Waals surface area contributed by atoms with Gasteiger partial charge in [-0.15, -0.1) is 0 Å². The van der Waals surface area contributed by atoms with Crippen molar-refractivity contribution in [2.75, 3.05) is 0 Å². The number of hydrogen-bond donors (Lipinski definition) is 0. The standard InChI is InChI=1S/C17H13F2N/c18-17(19)16(12-11-14-7-3-1-4-8-14)20-13-15-9-5-2-6-10-15/h1-10,17H,13H2. The third kappa shape index (κ3) is 4.33. The normalized spacial score (nSPS) is 11.1. The summed E-state index contributed by atoms with van der Waals surface area (Å²) in [5.41, 5.74) is 1.20. The van der Waals surface area contributed by atoms with E-state index in [1.807, 2.05) is 48.5 Å². The van der Waals surface area contributed by atoms with Crippen LogP contribution in [0.2, 0.25) is 0 Å². The van der Waals surface area contributed by atoms with Crippen molar-refractivity contribution in [1.29, 1.82) is 0 Å². The fourth-order valence-corrected chi connectivity index (χ4v) is 1.58. The molecule has 0 N–H and O–H groups in total. The van der Waals surface area contributed by atoms with Crippen molar-refractivity contribution in [3.05, 3.63) is 71.8 Å². The Bertz CT molecular complexity index is 622. The molecule has 0 saturated heterocycles. The van der Waals surface area contributed by atoms with Gasteiger partial charge < -0.3 is 0 Å². The zero-order chi connectivity index (χ0) is 14.2. The maximum atomic E-state index is 12.9. The minimum atomic E-state index is -2.66. The molecule has 2 rings (SSSR count). The third-order valence-electron chi connectivity index (χ3n) is 2.59. The molecule has 3 heteroatoms. The molecule has 0 spiro atoms. The van der Waals surface area contributed by atoms with Crippen molar-refractivity contribution in [3.8, 4) is 11.8 Å². The van der Waals surface area contributed by atoms with E-state index in [-0.39, 0.29) is 12.3 Å². The molecule has 100 valence electrons. The molecule has 1 nitrogen and oxygen atoms in total. The van der Waals surface area contributed by atoms with Crippen LogP contribution in [0.25, 0.3) is 0 Å². The second kappa shape index (κ2) is 7.20. The first kappa shape index (κ1) is 14.0. The Morgan fingerprint density at radius 1 is 0.950 bits per heavy atom. The smallest absolute Gasteiger partial charge is 0.270 e. The highest BCUT2D eigenvalue weighted by Crippen LogP contribution is 2.04. The van der Waals surface area contributed by atoms with E-state index >= 15 is 0 Å².